The van der Waals surface area contributed by atoms with Crippen molar-refractivity contribution in [1.82, 2.24) is 4.90 Å². The number of hydrogen-bond acceptors (Lipinski definition) is 6. The van der Waals surface area contributed by atoms with Gasteiger partial charge in [0.05, 0.1) is 19.1 Å². The van der Waals surface area contributed by atoms with Crippen LogP contribution in [-0.4, -0.2) is 75.0 Å². The highest BCUT2D eigenvalue weighted by Gasteiger charge is 2.47. The van der Waals surface area contributed by atoms with Gasteiger partial charge in [-0.2, -0.15) is 0 Å². The van der Waals surface area contributed by atoms with Crippen molar-refractivity contribution in [3.63, 3.8) is 0 Å². The molecule has 7 nitrogen and oxygen atoms in total. The van der Waals surface area contributed by atoms with Gasteiger partial charge in [-0.15, -0.1) is 0 Å². The molecule has 0 aliphatic carbocycles. The zero-order chi connectivity index (χ0) is 12.6. The van der Waals surface area contributed by atoms with Crippen LogP contribution in [0.25, 0.3) is 0 Å². The number of ether oxygens (including phenoxy) is 1. The monoisotopic (exact) mass is 247 g/mol. The first-order valence-electron chi connectivity index (χ1n) is 5.64. The van der Waals surface area contributed by atoms with E-state index < -0.39 is 37.3 Å². The first-order valence-corrected chi connectivity index (χ1v) is 5.64. The van der Waals surface area contributed by atoms with Crippen LogP contribution in [0.5, 0.6) is 0 Å². The van der Waals surface area contributed by atoms with Crippen molar-refractivity contribution in [3.05, 3.63) is 0 Å². The molecule has 2 aliphatic rings. The van der Waals surface area contributed by atoms with Gasteiger partial charge in [-0.3, -0.25) is 4.79 Å². The van der Waals surface area contributed by atoms with Crippen molar-refractivity contribution in [2.75, 3.05) is 13.2 Å². The predicted octanol–water partition coefficient (Wildman–Crippen LogP) is -2.59. The number of nitrogens with zero attached hydrogens (tertiary/aromatic N) is 1. The Hall–Kier alpha value is -0.730. The third-order valence-corrected chi connectivity index (χ3v) is 3.26. The van der Waals surface area contributed by atoms with Gasteiger partial charge in [-0.1, -0.05) is 0 Å². The van der Waals surface area contributed by atoms with Crippen molar-refractivity contribution in [1.29, 1.82) is 0 Å². The highest BCUT2D eigenvalue weighted by molar-refractivity contribution is 5.77. The smallest absolute Gasteiger partial charge is 0.227 e. The molecule has 0 aromatic heterocycles. The van der Waals surface area contributed by atoms with Crippen molar-refractivity contribution in [2.45, 2.75) is 43.5 Å². The summed E-state index contributed by atoms with van der Waals surface area (Å²) in [5, 5.41) is 37.6. The Morgan fingerprint density at radius 1 is 1.29 bits per heavy atom. The van der Waals surface area contributed by atoms with Crippen molar-refractivity contribution >= 4 is 5.91 Å². The lowest BCUT2D eigenvalue weighted by Gasteiger charge is -2.35. The second-order valence-corrected chi connectivity index (χ2v) is 4.46. The third-order valence-electron chi connectivity index (χ3n) is 3.26. The van der Waals surface area contributed by atoms with E-state index in [1.165, 1.54) is 4.90 Å². The summed E-state index contributed by atoms with van der Waals surface area (Å²) in [6, 6.07) is 0. The zero-order valence-electron chi connectivity index (χ0n) is 9.27. The molecule has 7 heteroatoms. The van der Waals surface area contributed by atoms with E-state index in [0.29, 0.717) is 6.42 Å². The van der Waals surface area contributed by atoms with Crippen LogP contribution in [0.15, 0.2) is 0 Å². The van der Waals surface area contributed by atoms with Gasteiger partial charge < -0.3 is 30.1 Å². The summed E-state index contributed by atoms with van der Waals surface area (Å²) in [6.07, 6.45) is -4.51. The maximum atomic E-state index is 11.7. The van der Waals surface area contributed by atoms with Crippen molar-refractivity contribution < 1.29 is 30.0 Å². The van der Waals surface area contributed by atoms with Gasteiger partial charge in [0.15, 0.2) is 6.23 Å². The Morgan fingerprint density at radius 3 is 2.53 bits per heavy atom. The molecule has 0 bridgehead atoms. The number of aliphatic hydroxyl groups excluding tert-OH is 4. The molecule has 5 atom stereocenters. The molecule has 0 saturated carbocycles. The fourth-order valence-electron chi connectivity index (χ4n) is 2.24. The quantitative estimate of drug-likeness (QED) is 0.426. The Morgan fingerprint density at radius 2 is 2.00 bits per heavy atom. The van der Waals surface area contributed by atoms with Gasteiger partial charge in [0.2, 0.25) is 5.91 Å². The van der Waals surface area contributed by atoms with E-state index >= 15 is 0 Å². The van der Waals surface area contributed by atoms with E-state index in [9.17, 15) is 20.1 Å². The Labute approximate surface area is 98.2 Å². The minimum absolute atomic E-state index is 0.00747. The lowest BCUT2D eigenvalue weighted by Crippen LogP contribution is -2.51. The zero-order valence-corrected chi connectivity index (χ0v) is 9.27. The number of carbonyl (C=O) groups excluding carboxylic acids is 1. The molecule has 2 saturated heterocycles. The number of rotatable bonds is 2. The fraction of sp³-hybridized carbons (Fsp3) is 0.900. The molecule has 4 N–H and O–H groups in total. The SMILES string of the molecule is O=C1CC(O)CCN1[C@@H]1O[C@H](CO)[C@@H](O)[C@H]1O. The Bertz CT molecular complexity index is 299. The summed E-state index contributed by atoms with van der Waals surface area (Å²) < 4.78 is 5.25. The van der Waals surface area contributed by atoms with Gasteiger partial charge in [-0.05, 0) is 6.42 Å². The standard InChI is InChI=1S/C10H17NO6/c12-4-6-8(15)9(16)10(17-6)11-2-1-5(13)3-7(11)14/h5-6,8-10,12-13,15-16H,1-4H2/t5?,6-,8-,9-,10-/m1/s1. The van der Waals surface area contributed by atoms with E-state index in [1.54, 1.807) is 0 Å². The molecule has 0 aromatic rings. The molecule has 2 rings (SSSR count). The van der Waals surface area contributed by atoms with Crippen LogP contribution in [0, 0.1) is 0 Å². The number of amides is 1. The number of piperidine rings is 1. The lowest BCUT2D eigenvalue weighted by atomic mass is 10.0. The van der Waals surface area contributed by atoms with Crippen LogP contribution >= 0.6 is 0 Å². The minimum Gasteiger partial charge on any atom is -0.394 e. The van der Waals surface area contributed by atoms with E-state index in [2.05, 4.69) is 0 Å². The van der Waals surface area contributed by atoms with Gasteiger partial charge >= 0.3 is 0 Å². The Kier molecular flexibility index (Phi) is 3.64. The van der Waals surface area contributed by atoms with Crippen molar-refractivity contribution in [3.8, 4) is 0 Å². The molecule has 0 aromatic carbocycles. The van der Waals surface area contributed by atoms with Gasteiger partial charge in [-0.25, -0.2) is 0 Å². The summed E-state index contributed by atoms with van der Waals surface area (Å²) in [4.78, 5) is 13.0. The molecular weight excluding hydrogens is 230 g/mol. The molecule has 1 amide bonds. The number of aliphatic hydroxyl groups is 4. The molecule has 0 radical (unpaired) electrons. The van der Waals surface area contributed by atoms with E-state index in [4.69, 9.17) is 9.84 Å². The van der Waals surface area contributed by atoms with Crippen LogP contribution < -0.4 is 0 Å². The van der Waals surface area contributed by atoms with Gasteiger partial charge in [0.1, 0.15) is 18.3 Å². The normalized spacial score (nSPS) is 43.2. The average Bonchev–Trinajstić information content (AvgIpc) is 2.57. The minimum atomic E-state index is -1.23. The summed E-state index contributed by atoms with van der Waals surface area (Å²) in [5.74, 6) is -0.321. The first-order chi connectivity index (χ1) is 8.04. The van der Waals surface area contributed by atoms with Crippen LogP contribution in [0.4, 0.5) is 0 Å². The second-order valence-electron chi connectivity index (χ2n) is 4.46. The number of hydrogen-bond donors (Lipinski definition) is 4. The summed E-state index contributed by atoms with van der Waals surface area (Å²) >= 11 is 0. The van der Waals surface area contributed by atoms with E-state index in [1.807, 2.05) is 0 Å². The maximum Gasteiger partial charge on any atom is 0.227 e. The van der Waals surface area contributed by atoms with Gasteiger partial charge in [0, 0.05) is 6.54 Å². The number of carbonyl (C=O) groups is 1. The summed E-state index contributed by atoms with van der Waals surface area (Å²) in [5.41, 5.74) is 0. The maximum absolute atomic E-state index is 11.7. The first kappa shape index (κ1) is 12.7. The predicted molar refractivity (Wildman–Crippen MR) is 54.7 cm³/mol. The van der Waals surface area contributed by atoms with Crippen molar-refractivity contribution in [2.24, 2.45) is 0 Å². The average molecular weight is 247 g/mol. The molecule has 2 heterocycles. The summed E-state index contributed by atoms with van der Waals surface area (Å²) in [6.45, 7) is -0.147. The number of likely N-dealkylation sites (tertiary alicyclic amines) is 1. The highest BCUT2D eigenvalue weighted by Crippen LogP contribution is 2.26. The molecule has 17 heavy (non-hydrogen) atoms. The van der Waals surface area contributed by atoms with Crippen LogP contribution in [-0.2, 0) is 9.53 Å². The topological polar surface area (TPSA) is 110 Å². The Balaban J connectivity index is 2.05. The molecule has 2 fully saturated rings. The van der Waals surface area contributed by atoms with Crippen LogP contribution in [0.2, 0.25) is 0 Å². The third kappa shape index (κ3) is 2.29. The second kappa shape index (κ2) is 4.87. The lowest BCUT2D eigenvalue weighted by molar-refractivity contribution is -0.160. The molecule has 0 spiro atoms. The fourth-order valence-corrected chi connectivity index (χ4v) is 2.24. The largest absolute Gasteiger partial charge is 0.394 e. The molecule has 2 aliphatic heterocycles. The van der Waals surface area contributed by atoms with Crippen LogP contribution in [0.1, 0.15) is 12.8 Å². The van der Waals surface area contributed by atoms with Gasteiger partial charge in [0.25, 0.3) is 0 Å². The summed E-state index contributed by atoms with van der Waals surface area (Å²) in [7, 11) is 0. The highest BCUT2D eigenvalue weighted by atomic mass is 16.6. The van der Waals surface area contributed by atoms with E-state index in [0.717, 1.165) is 0 Å². The van der Waals surface area contributed by atoms with E-state index in [-0.39, 0.29) is 18.9 Å². The molecular formula is C10H17NO6. The van der Waals surface area contributed by atoms with Crippen LogP contribution in [0.3, 0.4) is 0 Å². The molecule has 98 valence electrons. The molecule has 1 unspecified atom stereocenters.